The van der Waals surface area contributed by atoms with Gasteiger partial charge in [-0.25, -0.2) is 9.97 Å². The molecule has 0 aliphatic rings. The number of methoxy groups -OCH3 is 1. The molecule has 1 heterocycles. The van der Waals surface area contributed by atoms with Crippen LogP contribution in [0.4, 0.5) is 17.2 Å². The molecule has 1 aromatic carbocycles. The lowest BCUT2D eigenvalue weighted by Gasteiger charge is -2.07. The highest BCUT2D eigenvalue weighted by molar-refractivity contribution is 6.29. The number of anilines is 2. The molecule has 0 aliphatic heterocycles. The molecule has 0 aliphatic carbocycles. The lowest BCUT2D eigenvalue weighted by molar-refractivity contribution is -0.385. The number of nitrogens with one attached hydrogen (secondary N) is 1. The molecule has 0 unspecified atom stereocenters. The van der Waals surface area contributed by atoms with Crippen LogP contribution >= 0.6 is 11.6 Å². The zero-order chi connectivity index (χ0) is 13.8. The van der Waals surface area contributed by atoms with Gasteiger partial charge in [0.1, 0.15) is 17.3 Å². The lowest BCUT2D eigenvalue weighted by Crippen LogP contribution is -1.97. The van der Waals surface area contributed by atoms with E-state index in [9.17, 15) is 10.1 Å². The summed E-state index contributed by atoms with van der Waals surface area (Å²) in [5.74, 6) is 0.635. The van der Waals surface area contributed by atoms with Crippen LogP contribution in [0.5, 0.6) is 5.75 Å². The van der Waals surface area contributed by atoms with Gasteiger partial charge in [0.05, 0.1) is 12.0 Å². The standard InChI is InChI=1S/C11H9ClN4O3/c1-19-9-3-2-7(4-8(9)16(17)18)15-11-5-10(12)13-6-14-11/h2-6H,1H3,(H,13,14,15). The molecule has 0 bridgehead atoms. The Balaban J connectivity index is 2.31. The molecule has 1 N–H and O–H groups in total. The van der Waals surface area contributed by atoms with Crippen molar-refractivity contribution < 1.29 is 9.66 Å². The normalized spacial score (nSPS) is 10.0. The van der Waals surface area contributed by atoms with Gasteiger partial charge in [0.15, 0.2) is 5.75 Å². The molecule has 0 atom stereocenters. The summed E-state index contributed by atoms with van der Waals surface area (Å²) < 4.78 is 4.91. The Bertz CT molecular complexity index is 621. The number of halogens is 1. The van der Waals surface area contributed by atoms with Gasteiger partial charge in [0, 0.05) is 17.8 Å². The lowest BCUT2D eigenvalue weighted by atomic mass is 10.2. The van der Waals surface area contributed by atoms with E-state index in [1.807, 2.05) is 0 Å². The summed E-state index contributed by atoms with van der Waals surface area (Å²) in [7, 11) is 1.37. The minimum atomic E-state index is -0.517. The molecule has 2 rings (SSSR count). The Morgan fingerprint density at radius 2 is 2.16 bits per heavy atom. The van der Waals surface area contributed by atoms with Crippen molar-refractivity contribution in [3.05, 3.63) is 45.9 Å². The molecule has 0 amide bonds. The number of ether oxygens (including phenoxy) is 1. The van der Waals surface area contributed by atoms with Gasteiger partial charge in [-0.2, -0.15) is 0 Å². The van der Waals surface area contributed by atoms with E-state index in [0.29, 0.717) is 11.5 Å². The fourth-order valence-electron chi connectivity index (χ4n) is 1.46. The van der Waals surface area contributed by atoms with Crippen molar-refractivity contribution in [2.45, 2.75) is 0 Å². The van der Waals surface area contributed by atoms with Gasteiger partial charge in [-0.05, 0) is 12.1 Å². The molecule has 7 nitrogen and oxygen atoms in total. The number of nitro benzene ring substituents is 1. The predicted molar refractivity (Wildman–Crippen MR) is 70.0 cm³/mol. The van der Waals surface area contributed by atoms with Gasteiger partial charge in [0.25, 0.3) is 0 Å². The van der Waals surface area contributed by atoms with Crippen LogP contribution in [-0.4, -0.2) is 22.0 Å². The topological polar surface area (TPSA) is 90.2 Å². The third kappa shape index (κ3) is 3.08. The van der Waals surface area contributed by atoms with Gasteiger partial charge in [-0.1, -0.05) is 11.6 Å². The molecule has 2 aromatic rings. The first-order chi connectivity index (χ1) is 9.10. The van der Waals surface area contributed by atoms with Crippen LogP contribution in [0, 0.1) is 10.1 Å². The average Bonchev–Trinajstić information content (AvgIpc) is 2.38. The Labute approximate surface area is 113 Å². The number of hydrogen-bond donors (Lipinski definition) is 1. The molecule has 0 saturated carbocycles. The van der Waals surface area contributed by atoms with Crippen molar-refractivity contribution in [1.29, 1.82) is 0 Å². The average molecular weight is 281 g/mol. The smallest absolute Gasteiger partial charge is 0.312 e. The van der Waals surface area contributed by atoms with Crippen LogP contribution in [0.25, 0.3) is 0 Å². The van der Waals surface area contributed by atoms with Crippen LogP contribution in [0.3, 0.4) is 0 Å². The third-order valence-electron chi connectivity index (χ3n) is 2.28. The molecule has 8 heteroatoms. The molecule has 0 saturated heterocycles. The third-order valence-corrected chi connectivity index (χ3v) is 2.49. The summed E-state index contributed by atoms with van der Waals surface area (Å²) in [6, 6.07) is 6.01. The molecule has 0 fully saturated rings. The van der Waals surface area contributed by atoms with E-state index >= 15 is 0 Å². The summed E-state index contributed by atoms with van der Waals surface area (Å²) in [5.41, 5.74) is 0.370. The van der Waals surface area contributed by atoms with Crippen LogP contribution in [0.15, 0.2) is 30.6 Å². The van der Waals surface area contributed by atoms with Crippen LogP contribution < -0.4 is 10.1 Å². The predicted octanol–water partition coefficient (Wildman–Crippen LogP) is 2.79. The number of nitrogens with zero attached hydrogens (tertiary/aromatic N) is 3. The first-order valence-corrected chi connectivity index (χ1v) is 5.55. The first-order valence-electron chi connectivity index (χ1n) is 5.17. The monoisotopic (exact) mass is 280 g/mol. The van der Waals surface area contributed by atoms with Crippen molar-refractivity contribution in [3.8, 4) is 5.75 Å². The number of aromatic nitrogens is 2. The van der Waals surface area contributed by atoms with Gasteiger partial charge in [0.2, 0.25) is 0 Å². The zero-order valence-corrected chi connectivity index (χ0v) is 10.6. The van der Waals surface area contributed by atoms with E-state index in [0.717, 1.165) is 0 Å². The summed E-state index contributed by atoms with van der Waals surface area (Å²) in [5, 5.41) is 14.1. The number of hydrogen-bond acceptors (Lipinski definition) is 6. The van der Waals surface area contributed by atoms with E-state index < -0.39 is 4.92 Å². The van der Waals surface area contributed by atoms with Gasteiger partial charge in [-0.3, -0.25) is 10.1 Å². The fourth-order valence-corrected chi connectivity index (χ4v) is 1.61. The molecule has 98 valence electrons. The zero-order valence-electron chi connectivity index (χ0n) is 9.83. The quantitative estimate of drug-likeness (QED) is 0.526. The van der Waals surface area contributed by atoms with Crippen molar-refractivity contribution >= 4 is 28.8 Å². The van der Waals surface area contributed by atoms with Crippen LogP contribution in [0.2, 0.25) is 5.15 Å². The first kappa shape index (κ1) is 13.0. The maximum atomic E-state index is 10.9. The van der Waals surface area contributed by atoms with E-state index in [-0.39, 0.29) is 16.6 Å². The number of rotatable bonds is 4. The van der Waals surface area contributed by atoms with Crippen molar-refractivity contribution in [1.82, 2.24) is 9.97 Å². The highest BCUT2D eigenvalue weighted by Crippen LogP contribution is 2.30. The SMILES string of the molecule is COc1ccc(Nc2cc(Cl)ncn2)cc1[N+](=O)[O-]. The molecular weight excluding hydrogens is 272 g/mol. The van der Waals surface area contributed by atoms with E-state index in [1.54, 1.807) is 6.07 Å². The Morgan fingerprint density at radius 1 is 1.37 bits per heavy atom. The highest BCUT2D eigenvalue weighted by atomic mass is 35.5. The van der Waals surface area contributed by atoms with E-state index in [4.69, 9.17) is 16.3 Å². The summed E-state index contributed by atoms with van der Waals surface area (Å²) in [6.07, 6.45) is 1.29. The minimum absolute atomic E-state index is 0.132. The molecule has 1 aromatic heterocycles. The molecular formula is C11H9ClN4O3. The van der Waals surface area contributed by atoms with Gasteiger partial charge < -0.3 is 10.1 Å². The van der Waals surface area contributed by atoms with Crippen molar-refractivity contribution in [3.63, 3.8) is 0 Å². The Hall–Kier alpha value is -2.41. The fraction of sp³-hybridized carbons (Fsp3) is 0.0909. The molecule has 0 radical (unpaired) electrons. The van der Waals surface area contributed by atoms with Crippen LogP contribution in [0.1, 0.15) is 0 Å². The Morgan fingerprint density at radius 3 is 2.79 bits per heavy atom. The maximum Gasteiger partial charge on any atom is 0.312 e. The van der Waals surface area contributed by atoms with E-state index in [2.05, 4.69) is 15.3 Å². The Kier molecular flexibility index (Phi) is 3.76. The molecule has 19 heavy (non-hydrogen) atoms. The highest BCUT2D eigenvalue weighted by Gasteiger charge is 2.15. The second kappa shape index (κ2) is 5.49. The summed E-state index contributed by atoms with van der Waals surface area (Å²) in [6.45, 7) is 0. The summed E-state index contributed by atoms with van der Waals surface area (Å²) >= 11 is 5.72. The number of nitro groups is 1. The summed E-state index contributed by atoms with van der Waals surface area (Å²) in [4.78, 5) is 18.1. The van der Waals surface area contributed by atoms with E-state index in [1.165, 1.54) is 31.6 Å². The van der Waals surface area contributed by atoms with Crippen molar-refractivity contribution in [2.75, 3.05) is 12.4 Å². The second-order valence-corrected chi connectivity index (χ2v) is 3.88. The van der Waals surface area contributed by atoms with Crippen LogP contribution in [-0.2, 0) is 0 Å². The minimum Gasteiger partial charge on any atom is -0.490 e. The largest absolute Gasteiger partial charge is 0.490 e. The van der Waals surface area contributed by atoms with Crippen molar-refractivity contribution in [2.24, 2.45) is 0 Å². The number of benzene rings is 1. The second-order valence-electron chi connectivity index (χ2n) is 3.49. The molecule has 0 spiro atoms. The van der Waals surface area contributed by atoms with Gasteiger partial charge in [-0.15, -0.1) is 0 Å². The maximum absolute atomic E-state index is 10.9. The van der Waals surface area contributed by atoms with Gasteiger partial charge >= 0.3 is 5.69 Å².